The molecule has 4 amide bonds. The molecule has 15 nitrogen and oxygen atoms in total. The second kappa shape index (κ2) is 15.7. The Balaban J connectivity index is 0.861. The van der Waals surface area contributed by atoms with Crippen molar-refractivity contribution in [2.24, 2.45) is 5.92 Å². The van der Waals surface area contributed by atoms with E-state index in [1.54, 1.807) is 23.1 Å². The first kappa shape index (κ1) is 37.1. The van der Waals surface area contributed by atoms with Crippen molar-refractivity contribution in [3.05, 3.63) is 99.1 Å². The number of hydrogen-bond acceptors (Lipinski definition) is 11. The maximum Gasteiger partial charge on any atom is 0.293 e. The van der Waals surface area contributed by atoms with Gasteiger partial charge in [-0.2, -0.15) is 0 Å². The second-order valence-corrected chi connectivity index (χ2v) is 16.2. The monoisotopic (exact) mass is 757 g/mol. The third kappa shape index (κ3) is 8.15. The molecule has 3 aromatic rings. The highest BCUT2D eigenvalue weighted by molar-refractivity contribution is 7.90. The van der Waals surface area contributed by atoms with E-state index in [4.69, 9.17) is 0 Å². The number of benzene rings is 3. The number of carbonyl (C=O) groups is 4. The molecule has 16 heteroatoms. The van der Waals surface area contributed by atoms with E-state index in [0.717, 1.165) is 75.6 Å². The summed E-state index contributed by atoms with van der Waals surface area (Å²) in [5.41, 5.74) is 2.66. The number of amides is 4. The highest BCUT2D eigenvalue weighted by Crippen LogP contribution is 2.33. The van der Waals surface area contributed by atoms with Crippen molar-refractivity contribution in [2.45, 2.75) is 68.6 Å². The van der Waals surface area contributed by atoms with Crippen LogP contribution in [0.4, 0.5) is 11.4 Å². The molecule has 1 unspecified atom stereocenters. The fourth-order valence-corrected chi connectivity index (χ4v) is 9.04. The van der Waals surface area contributed by atoms with Crippen LogP contribution in [0.15, 0.2) is 71.6 Å². The number of rotatable bonds is 11. The van der Waals surface area contributed by atoms with Crippen LogP contribution in [-0.4, -0.2) is 96.5 Å². The first-order chi connectivity index (χ1) is 25.9. The van der Waals surface area contributed by atoms with E-state index in [0.29, 0.717) is 37.0 Å². The summed E-state index contributed by atoms with van der Waals surface area (Å²) < 4.78 is 27.7. The van der Waals surface area contributed by atoms with E-state index in [1.165, 1.54) is 24.3 Å². The van der Waals surface area contributed by atoms with Crippen LogP contribution < -0.4 is 15.4 Å². The average Bonchev–Trinajstić information content (AvgIpc) is 3.49. The Morgan fingerprint density at radius 3 is 2.35 bits per heavy atom. The third-order valence-corrected chi connectivity index (χ3v) is 12.4. The highest BCUT2D eigenvalue weighted by atomic mass is 32.2. The van der Waals surface area contributed by atoms with Gasteiger partial charge in [0.1, 0.15) is 11.7 Å². The van der Waals surface area contributed by atoms with Crippen molar-refractivity contribution in [3.8, 4) is 0 Å². The van der Waals surface area contributed by atoms with Crippen molar-refractivity contribution in [2.75, 3.05) is 38.0 Å². The number of imide groups is 1. The maximum absolute atomic E-state index is 13.1. The minimum absolute atomic E-state index is 0.154. The lowest BCUT2D eigenvalue weighted by Gasteiger charge is -2.42. The second-order valence-electron chi connectivity index (χ2n) is 14.5. The number of nitrogens with one attached hydrogen (secondary N) is 3. The summed E-state index contributed by atoms with van der Waals surface area (Å²) in [6, 6.07) is 17.2. The molecule has 0 bridgehead atoms. The Hall–Kier alpha value is -5.19. The standard InChI is InChI=1S/C38H43N7O8S/c46-35-15-14-33(37(48)40-35)44-24-28-20-26(8-12-31(28)38(44)49)23-42-16-18-43(19-17-42)29-9-6-25(7-10-29)22-39-32-13-11-30(21-34(32)45(50)51)54(52,53)41-36(47)27-4-2-1-3-5-27/h1-5,8,11-13,20-21,25,29,33,39H,6-7,9-10,14-19,22-24H2,(H,41,47)(H,40,46,48). The summed E-state index contributed by atoms with van der Waals surface area (Å²) in [6.45, 7) is 5.41. The Morgan fingerprint density at radius 2 is 1.65 bits per heavy atom. The molecule has 1 atom stereocenters. The predicted molar refractivity (Wildman–Crippen MR) is 198 cm³/mol. The molecule has 0 radical (unpaired) electrons. The number of sulfonamides is 1. The number of nitro benzene ring substituents is 1. The highest BCUT2D eigenvalue weighted by Gasteiger charge is 2.39. The smallest absolute Gasteiger partial charge is 0.293 e. The molecule has 54 heavy (non-hydrogen) atoms. The molecular formula is C38H43N7O8S. The molecule has 284 valence electrons. The molecule has 0 aromatic heterocycles. The van der Waals surface area contributed by atoms with E-state index < -0.39 is 32.8 Å². The van der Waals surface area contributed by atoms with Crippen molar-refractivity contribution in [1.82, 2.24) is 24.7 Å². The molecule has 3 heterocycles. The van der Waals surface area contributed by atoms with Gasteiger partial charge in [-0.3, -0.25) is 44.4 Å². The summed E-state index contributed by atoms with van der Waals surface area (Å²) in [5, 5.41) is 17.4. The number of anilines is 1. The Bertz CT molecular complexity index is 2060. The van der Waals surface area contributed by atoms with E-state index in [9.17, 15) is 37.7 Å². The molecule has 1 saturated carbocycles. The molecule has 2 saturated heterocycles. The van der Waals surface area contributed by atoms with Gasteiger partial charge in [-0.15, -0.1) is 0 Å². The molecule has 3 aromatic carbocycles. The Morgan fingerprint density at radius 1 is 0.907 bits per heavy atom. The zero-order chi connectivity index (χ0) is 38.0. The molecule has 1 aliphatic carbocycles. The van der Waals surface area contributed by atoms with Gasteiger partial charge in [0.05, 0.1) is 9.82 Å². The van der Waals surface area contributed by atoms with Gasteiger partial charge in [0.2, 0.25) is 11.8 Å². The van der Waals surface area contributed by atoms with Gasteiger partial charge in [-0.05, 0) is 79.5 Å². The van der Waals surface area contributed by atoms with Gasteiger partial charge in [0.25, 0.3) is 27.5 Å². The van der Waals surface area contributed by atoms with Crippen LogP contribution in [0.2, 0.25) is 0 Å². The van der Waals surface area contributed by atoms with Crippen LogP contribution in [0.5, 0.6) is 0 Å². The van der Waals surface area contributed by atoms with Crippen molar-refractivity contribution in [1.29, 1.82) is 0 Å². The fraction of sp³-hybridized carbons (Fsp3) is 0.421. The lowest BCUT2D eigenvalue weighted by molar-refractivity contribution is -0.384. The number of nitrogens with zero attached hydrogens (tertiary/aromatic N) is 4. The molecule has 3 N–H and O–H groups in total. The van der Waals surface area contributed by atoms with Crippen LogP contribution in [0.25, 0.3) is 0 Å². The van der Waals surface area contributed by atoms with Crippen molar-refractivity contribution >= 4 is 45.0 Å². The van der Waals surface area contributed by atoms with Crippen LogP contribution in [-0.2, 0) is 32.7 Å². The van der Waals surface area contributed by atoms with Gasteiger partial charge in [-0.1, -0.05) is 30.3 Å². The summed E-state index contributed by atoms with van der Waals surface area (Å²) in [5.74, 6) is -1.38. The van der Waals surface area contributed by atoms with Crippen LogP contribution >= 0.6 is 0 Å². The van der Waals surface area contributed by atoms with Gasteiger partial charge in [0.15, 0.2) is 0 Å². The van der Waals surface area contributed by atoms with E-state index in [2.05, 4.69) is 26.5 Å². The fourth-order valence-electron chi connectivity index (χ4n) is 8.05. The van der Waals surface area contributed by atoms with Gasteiger partial charge in [0, 0.05) is 75.5 Å². The van der Waals surface area contributed by atoms with Crippen LogP contribution in [0.3, 0.4) is 0 Å². The zero-order valence-corrected chi connectivity index (χ0v) is 30.6. The Kier molecular flexibility index (Phi) is 10.8. The summed E-state index contributed by atoms with van der Waals surface area (Å²) in [7, 11) is -4.34. The van der Waals surface area contributed by atoms with Crippen LogP contribution in [0, 0.1) is 16.0 Å². The minimum Gasteiger partial charge on any atom is -0.379 e. The van der Waals surface area contributed by atoms with E-state index in [1.807, 2.05) is 16.9 Å². The number of carbonyl (C=O) groups excluding carboxylic acids is 4. The largest absolute Gasteiger partial charge is 0.379 e. The number of nitro groups is 1. The summed E-state index contributed by atoms with van der Waals surface area (Å²) in [4.78, 5) is 66.9. The molecule has 0 spiro atoms. The first-order valence-corrected chi connectivity index (χ1v) is 19.8. The first-order valence-electron chi connectivity index (χ1n) is 18.3. The summed E-state index contributed by atoms with van der Waals surface area (Å²) in [6.07, 6.45) is 4.55. The van der Waals surface area contributed by atoms with Gasteiger partial charge >= 0.3 is 0 Å². The van der Waals surface area contributed by atoms with Crippen molar-refractivity contribution in [3.63, 3.8) is 0 Å². The molecule has 3 aliphatic heterocycles. The average molecular weight is 758 g/mol. The number of piperazine rings is 1. The van der Waals surface area contributed by atoms with Crippen molar-refractivity contribution < 1.29 is 32.5 Å². The molecule has 7 rings (SSSR count). The number of hydrogen-bond donors (Lipinski definition) is 3. The molecule has 3 fully saturated rings. The molecule has 4 aliphatic rings. The SMILES string of the molecule is O=C1CCC(N2Cc3cc(CN4CCN(C5CCC(CNc6ccc(S(=O)(=O)NC(=O)c7ccccc7)cc6[N+](=O)[O-])CC5)CC4)ccc3C2=O)C(=O)N1. The van der Waals surface area contributed by atoms with Gasteiger partial charge in [-0.25, -0.2) is 13.1 Å². The van der Waals surface area contributed by atoms with Gasteiger partial charge < -0.3 is 10.2 Å². The number of piperidine rings is 1. The minimum atomic E-state index is -4.34. The normalized spacial score (nSPS) is 22.4. The lowest BCUT2D eigenvalue weighted by Crippen LogP contribution is -2.52. The predicted octanol–water partition coefficient (Wildman–Crippen LogP) is 3.26. The van der Waals surface area contributed by atoms with Crippen LogP contribution in [0.1, 0.15) is 70.4 Å². The third-order valence-electron chi connectivity index (χ3n) is 11.1. The maximum atomic E-state index is 13.1. The lowest BCUT2D eigenvalue weighted by atomic mass is 9.85. The summed E-state index contributed by atoms with van der Waals surface area (Å²) >= 11 is 0. The topological polar surface area (TPSA) is 191 Å². The Labute approximate surface area is 313 Å². The van der Waals surface area contributed by atoms with E-state index in [-0.39, 0.29) is 40.1 Å². The number of fused-ring (bicyclic) bond motifs is 1. The molecular weight excluding hydrogens is 715 g/mol. The quantitative estimate of drug-likeness (QED) is 0.148. The van der Waals surface area contributed by atoms with E-state index >= 15 is 0 Å². The zero-order valence-electron chi connectivity index (χ0n) is 29.7.